The van der Waals surface area contributed by atoms with Crippen LogP contribution >= 0.6 is 0 Å². The zero-order valence-electron chi connectivity index (χ0n) is 16.2. The van der Waals surface area contributed by atoms with Crippen molar-refractivity contribution in [3.05, 3.63) is 56.9 Å². The summed E-state index contributed by atoms with van der Waals surface area (Å²) in [6.07, 6.45) is 1.44. The number of phenolic OH excluding ortho intramolecular Hbond substituents is 1. The average Bonchev–Trinajstić information content (AvgIpc) is 3.03. The Morgan fingerprint density at radius 3 is 2.68 bits per heavy atom. The molecule has 0 saturated heterocycles. The Bertz CT molecular complexity index is 1180. The summed E-state index contributed by atoms with van der Waals surface area (Å²) in [6, 6.07) is 7.16. The van der Waals surface area contributed by atoms with Crippen molar-refractivity contribution in [1.29, 1.82) is 0 Å². The summed E-state index contributed by atoms with van der Waals surface area (Å²) in [7, 11) is 0. The highest BCUT2D eigenvalue weighted by molar-refractivity contribution is 5.89. The van der Waals surface area contributed by atoms with E-state index < -0.39 is 5.97 Å². The van der Waals surface area contributed by atoms with Crippen molar-refractivity contribution in [2.24, 2.45) is 0 Å². The van der Waals surface area contributed by atoms with E-state index in [1.54, 1.807) is 22.8 Å². The van der Waals surface area contributed by atoms with Crippen molar-refractivity contribution in [3.63, 3.8) is 0 Å². The number of ether oxygens (including phenoxy) is 1. The first-order chi connectivity index (χ1) is 13.4. The molecule has 0 radical (unpaired) electrons. The largest absolute Gasteiger partial charge is 0.508 e. The van der Waals surface area contributed by atoms with Crippen LogP contribution < -0.4 is 5.56 Å². The summed E-state index contributed by atoms with van der Waals surface area (Å²) in [5, 5.41) is 10.8. The topological polar surface area (TPSA) is 81.4 Å². The number of carbonyl (C=O) groups excluding carboxylic acids is 1. The molecule has 144 valence electrons. The van der Waals surface area contributed by atoms with Gasteiger partial charge in [0.25, 0.3) is 5.56 Å². The molecule has 3 heterocycles. The third-order valence-electron chi connectivity index (χ3n) is 5.39. The van der Waals surface area contributed by atoms with Gasteiger partial charge in [-0.1, -0.05) is 13.8 Å². The zero-order valence-corrected chi connectivity index (χ0v) is 16.2. The maximum absolute atomic E-state index is 13.2. The Morgan fingerprint density at radius 1 is 1.21 bits per heavy atom. The average molecular weight is 378 g/mol. The lowest BCUT2D eigenvalue weighted by Crippen LogP contribution is -2.25. The molecule has 0 spiro atoms. The van der Waals surface area contributed by atoms with Crippen LogP contribution in [0.25, 0.3) is 22.3 Å². The molecular formula is C22H22N2O4. The van der Waals surface area contributed by atoms with Crippen molar-refractivity contribution in [1.82, 2.24) is 9.55 Å². The highest BCUT2D eigenvalue weighted by atomic mass is 16.5. The Morgan fingerprint density at radius 2 is 2.00 bits per heavy atom. The van der Waals surface area contributed by atoms with E-state index >= 15 is 0 Å². The predicted octanol–water partition coefficient (Wildman–Crippen LogP) is 3.32. The van der Waals surface area contributed by atoms with Gasteiger partial charge in [0, 0.05) is 17.9 Å². The van der Waals surface area contributed by atoms with E-state index in [-0.39, 0.29) is 17.9 Å². The molecule has 1 aliphatic rings. The first-order valence-corrected chi connectivity index (χ1v) is 9.48. The van der Waals surface area contributed by atoms with Crippen molar-refractivity contribution >= 4 is 16.9 Å². The molecule has 3 aromatic rings. The highest BCUT2D eigenvalue weighted by Gasteiger charge is 2.27. The molecule has 1 N–H and O–H groups in total. The van der Waals surface area contributed by atoms with Gasteiger partial charge in [0.2, 0.25) is 0 Å². The number of phenols is 1. The summed E-state index contributed by atoms with van der Waals surface area (Å²) in [5.74, 6) is -0.204. The smallest absolute Gasteiger partial charge is 0.302 e. The molecule has 6 nitrogen and oxygen atoms in total. The molecule has 0 unspecified atom stereocenters. The number of nitrogens with zero attached hydrogens (tertiary/aromatic N) is 2. The van der Waals surface area contributed by atoms with E-state index in [2.05, 4.69) is 6.92 Å². The summed E-state index contributed by atoms with van der Waals surface area (Å²) in [6.45, 7) is 5.80. The van der Waals surface area contributed by atoms with Crippen molar-refractivity contribution in [3.8, 4) is 17.1 Å². The number of benzene rings is 1. The number of hydrogen-bond acceptors (Lipinski definition) is 5. The van der Waals surface area contributed by atoms with E-state index in [0.29, 0.717) is 18.5 Å². The van der Waals surface area contributed by atoms with Crippen LogP contribution in [0.1, 0.15) is 43.0 Å². The Labute approximate surface area is 162 Å². The van der Waals surface area contributed by atoms with E-state index in [1.807, 2.05) is 13.0 Å². The molecule has 0 atom stereocenters. The number of esters is 1. The molecule has 0 fully saturated rings. The van der Waals surface area contributed by atoms with E-state index in [4.69, 9.17) is 9.72 Å². The fourth-order valence-electron chi connectivity index (χ4n) is 4.04. The van der Waals surface area contributed by atoms with Crippen LogP contribution in [0.4, 0.5) is 0 Å². The third kappa shape index (κ3) is 2.76. The van der Waals surface area contributed by atoms with Crippen LogP contribution in [0.3, 0.4) is 0 Å². The molecule has 0 aliphatic carbocycles. The van der Waals surface area contributed by atoms with Gasteiger partial charge in [-0.25, -0.2) is 4.98 Å². The third-order valence-corrected chi connectivity index (χ3v) is 5.39. The zero-order chi connectivity index (χ0) is 20.0. The van der Waals surface area contributed by atoms with Gasteiger partial charge in [-0.2, -0.15) is 0 Å². The first-order valence-electron chi connectivity index (χ1n) is 9.48. The fraction of sp³-hybridized carbons (Fsp3) is 0.318. The summed E-state index contributed by atoms with van der Waals surface area (Å²) >= 11 is 0. The number of hydrogen-bond donors (Lipinski definition) is 1. The Balaban J connectivity index is 1.95. The van der Waals surface area contributed by atoms with Crippen LogP contribution in [-0.4, -0.2) is 20.6 Å². The lowest BCUT2D eigenvalue weighted by molar-refractivity contribution is -0.142. The molecule has 2 aromatic heterocycles. The lowest BCUT2D eigenvalue weighted by atomic mass is 9.98. The monoisotopic (exact) mass is 378 g/mol. The summed E-state index contributed by atoms with van der Waals surface area (Å²) in [5.41, 5.74) is 5.79. The Kier molecular flexibility index (Phi) is 4.41. The molecular weight excluding hydrogens is 356 g/mol. The first kappa shape index (κ1) is 18.2. The van der Waals surface area contributed by atoms with Crippen LogP contribution in [0.2, 0.25) is 0 Å². The van der Waals surface area contributed by atoms with Crippen molar-refractivity contribution in [2.45, 2.75) is 46.8 Å². The van der Waals surface area contributed by atoms with E-state index in [1.165, 1.54) is 6.92 Å². The predicted molar refractivity (Wildman–Crippen MR) is 106 cm³/mol. The Hall–Kier alpha value is -3.15. The quantitative estimate of drug-likeness (QED) is 0.551. The number of carbonyl (C=O) groups is 1. The second kappa shape index (κ2) is 6.78. The second-order valence-electron chi connectivity index (χ2n) is 7.03. The maximum Gasteiger partial charge on any atom is 0.302 e. The van der Waals surface area contributed by atoms with Crippen LogP contribution in [-0.2, 0) is 35.5 Å². The molecule has 1 aromatic carbocycles. The SMILES string of the molecule is CCc1cc2n(c(=O)c1COC(C)=O)Cc1c-2nc2ccc(O)cc2c1CC. The number of rotatable bonds is 4. The van der Waals surface area contributed by atoms with Gasteiger partial charge in [0.15, 0.2) is 0 Å². The van der Waals surface area contributed by atoms with Gasteiger partial charge in [0.1, 0.15) is 12.4 Å². The van der Waals surface area contributed by atoms with Gasteiger partial charge in [-0.15, -0.1) is 0 Å². The van der Waals surface area contributed by atoms with Gasteiger partial charge in [-0.05, 0) is 48.2 Å². The maximum atomic E-state index is 13.2. The van der Waals surface area contributed by atoms with Crippen LogP contribution in [0.15, 0.2) is 29.1 Å². The summed E-state index contributed by atoms with van der Waals surface area (Å²) < 4.78 is 6.83. The van der Waals surface area contributed by atoms with Crippen molar-refractivity contribution in [2.75, 3.05) is 0 Å². The van der Waals surface area contributed by atoms with Crippen LogP contribution in [0.5, 0.6) is 5.75 Å². The van der Waals surface area contributed by atoms with Gasteiger partial charge in [0.05, 0.1) is 29.0 Å². The normalized spacial score (nSPS) is 12.1. The molecule has 0 amide bonds. The number of aromatic nitrogens is 2. The van der Waals surface area contributed by atoms with Gasteiger partial charge < -0.3 is 14.4 Å². The minimum atomic E-state index is -0.406. The highest BCUT2D eigenvalue weighted by Crippen LogP contribution is 2.37. The molecule has 6 heteroatoms. The number of aryl methyl sites for hydroxylation is 2. The standard InChI is InChI=1S/C22H22N2O4/c1-4-13-8-20-21-17(10-24(20)22(27)18(13)11-28-12(3)25)15(5-2)16-9-14(26)6-7-19(16)23-21/h6-9,26H,4-5,10-11H2,1-3H3. The van der Waals surface area contributed by atoms with Crippen LogP contribution in [0, 0.1) is 0 Å². The number of pyridine rings is 2. The summed E-state index contributed by atoms with van der Waals surface area (Å²) in [4.78, 5) is 29.2. The number of fused-ring (bicyclic) bond motifs is 4. The van der Waals surface area contributed by atoms with E-state index in [0.717, 1.165) is 45.4 Å². The second-order valence-corrected chi connectivity index (χ2v) is 7.03. The van der Waals surface area contributed by atoms with Crippen molar-refractivity contribution < 1.29 is 14.6 Å². The minimum absolute atomic E-state index is 0.0160. The van der Waals surface area contributed by atoms with E-state index in [9.17, 15) is 14.7 Å². The minimum Gasteiger partial charge on any atom is -0.508 e. The fourth-order valence-corrected chi connectivity index (χ4v) is 4.04. The molecule has 1 aliphatic heterocycles. The number of aromatic hydroxyl groups is 1. The molecule has 0 saturated carbocycles. The molecule has 0 bridgehead atoms. The molecule has 4 rings (SSSR count). The molecule has 28 heavy (non-hydrogen) atoms. The lowest BCUT2D eigenvalue weighted by Gasteiger charge is -2.12. The van der Waals surface area contributed by atoms with Gasteiger partial charge >= 0.3 is 5.97 Å². The van der Waals surface area contributed by atoms with Gasteiger partial charge in [-0.3, -0.25) is 9.59 Å².